The van der Waals surface area contributed by atoms with E-state index in [1.165, 1.54) is 20.2 Å². The zero-order chi connectivity index (χ0) is 10.0. The number of esters is 1. The van der Waals surface area contributed by atoms with E-state index in [1.807, 2.05) is 0 Å². The van der Waals surface area contributed by atoms with Crippen molar-refractivity contribution in [3.05, 3.63) is 29.3 Å². The van der Waals surface area contributed by atoms with Crippen molar-refractivity contribution in [2.75, 3.05) is 7.11 Å². The normalized spacial score (nSPS) is 9.77. The average Bonchev–Trinajstić information content (AvgIpc) is 2.02. The Balaban J connectivity index is 3.28. The van der Waals surface area contributed by atoms with Gasteiger partial charge in [-0.05, 0) is 6.92 Å². The van der Waals surface area contributed by atoms with Crippen molar-refractivity contribution in [2.45, 2.75) is 6.92 Å². The summed E-state index contributed by atoms with van der Waals surface area (Å²) in [7, 11) is 1.17. The van der Waals surface area contributed by atoms with Gasteiger partial charge >= 0.3 is 5.97 Å². The van der Waals surface area contributed by atoms with Gasteiger partial charge in [0.2, 0.25) is 12.0 Å². The molecule has 0 radical (unpaired) electrons. The Bertz CT molecular complexity index is 328. The molecular weight excluding hydrogens is 177 g/mol. The Kier molecular flexibility index (Phi) is 2.46. The van der Waals surface area contributed by atoms with Gasteiger partial charge in [-0.2, -0.15) is 4.39 Å². The Morgan fingerprint density at radius 2 is 2.23 bits per heavy atom. The van der Waals surface area contributed by atoms with Crippen LogP contribution in [-0.2, 0) is 4.74 Å². The van der Waals surface area contributed by atoms with Gasteiger partial charge in [0, 0.05) is 10.3 Å². The minimum absolute atomic E-state index is 0.159. The van der Waals surface area contributed by atoms with E-state index in [0.717, 1.165) is 6.20 Å². The van der Waals surface area contributed by atoms with Crippen LogP contribution in [0, 0.1) is 12.7 Å². The van der Waals surface area contributed by atoms with Crippen LogP contribution < -0.4 is 4.73 Å². The molecule has 0 atom stereocenters. The van der Waals surface area contributed by atoms with Crippen molar-refractivity contribution in [3.8, 4) is 0 Å². The Morgan fingerprint density at radius 3 is 2.69 bits per heavy atom. The zero-order valence-corrected chi connectivity index (χ0v) is 7.24. The van der Waals surface area contributed by atoms with Crippen LogP contribution in [0.15, 0.2) is 12.4 Å². The van der Waals surface area contributed by atoms with E-state index in [0.29, 0.717) is 10.3 Å². The summed E-state index contributed by atoms with van der Waals surface area (Å²) < 4.78 is 18.0. The number of pyridine rings is 1. The van der Waals surface area contributed by atoms with Gasteiger partial charge in [0.25, 0.3) is 6.20 Å². The summed E-state index contributed by atoms with van der Waals surface area (Å²) in [6, 6.07) is 0. The first-order valence-corrected chi connectivity index (χ1v) is 3.55. The first-order valence-electron chi connectivity index (χ1n) is 3.55. The average molecular weight is 186 g/mol. The second-order valence-electron chi connectivity index (χ2n) is 2.54. The lowest BCUT2D eigenvalue weighted by atomic mass is 10.1. The van der Waals surface area contributed by atoms with Crippen molar-refractivity contribution in [1.29, 1.82) is 0 Å². The predicted octanol–water partition coefficient (Wildman–Crippen LogP) is 0.446. The van der Waals surface area contributed by atoms with Crippen molar-refractivity contribution >= 4 is 5.97 Å². The highest BCUT2D eigenvalue weighted by Crippen LogP contribution is 2.10. The lowest BCUT2D eigenvalue weighted by Gasteiger charge is -2.01. The molecule has 0 aliphatic rings. The summed E-state index contributed by atoms with van der Waals surface area (Å²) in [5, 5.41) is 8.90. The number of carbonyl (C=O) groups excluding carboxylic acids is 1. The van der Waals surface area contributed by atoms with E-state index in [4.69, 9.17) is 5.21 Å². The molecule has 0 fully saturated rings. The van der Waals surface area contributed by atoms with Gasteiger partial charge in [0.05, 0.1) is 7.11 Å². The molecule has 0 saturated carbocycles. The first-order chi connectivity index (χ1) is 6.06. The summed E-state index contributed by atoms with van der Waals surface area (Å²) in [6.07, 6.45) is 2.01. The minimum Gasteiger partial charge on any atom is -0.465 e. The highest BCUT2D eigenvalue weighted by Gasteiger charge is 2.20. The smallest absolute Gasteiger partial charge is 0.341 e. The zero-order valence-electron chi connectivity index (χ0n) is 7.24. The molecule has 0 spiro atoms. The number of nitrogens with zero attached hydrogens (tertiary/aromatic N) is 1. The van der Waals surface area contributed by atoms with Crippen LogP contribution in [0.5, 0.6) is 0 Å². The van der Waals surface area contributed by atoms with Gasteiger partial charge in [-0.3, -0.25) is 5.21 Å². The van der Waals surface area contributed by atoms with Crippen molar-refractivity contribution in [1.82, 2.24) is 0 Å². The van der Waals surface area contributed by atoms with Gasteiger partial charge in [-0.1, -0.05) is 0 Å². The maximum Gasteiger partial charge on any atom is 0.341 e. The number of ether oxygens (including phenoxy) is 1. The molecule has 4 nitrogen and oxygen atoms in total. The third-order valence-electron chi connectivity index (χ3n) is 1.59. The number of aromatic nitrogens is 1. The molecule has 1 heterocycles. The van der Waals surface area contributed by atoms with E-state index in [9.17, 15) is 9.18 Å². The van der Waals surface area contributed by atoms with Gasteiger partial charge in [0.1, 0.15) is 5.56 Å². The molecule has 1 aromatic rings. The number of carbonyl (C=O) groups is 1. The largest absolute Gasteiger partial charge is 0.465 e. The fraction of sp³-hybridized carbons (Fsp3) is 0.250. The highest BCUT2D eigenvalue weighted by atomic mass is 19.1. The number of rotatable bonds is 1. The van der Waals surface area contributed by atoms with Crippen LogP contribution in [0.25, 0.3) is 0 Å². The van der Waals surface area contributed by atoms with Crippen molar-refractivity contribution in [3.63, 3.8) is 0 Å². The van der Waals surface area contributed by atoms with Crippen LogP contribution in [-0.4, -0.2) is 18.3 Å². The van der Waals surface area contributed by atoms with E-state index in [-0.39, 0.29) is 5.56 Å². The number of methoxy groups -OCH3 is 1. The van der Waals surface area contributed by atoms with Crippen LogP contribution in [0.1, 0.15) is 15.9 Å². The summed E-state index contributed by atoms with van der Waals surface area (Å²) in [6.45, 7) is 1.50. The molecule has 13 heavy (non-hydrogen) atoms. The quantitative estimate of drug-likeness (QED) is 0.393. The molecule has 5 heteroatoms. The van der Waals surface area contributed by atoms with Crippen LogP contribution in [0.3, 0.4) is 0 Å². The maximum atomic E-state index is 13.1. The first kappa shape index (κ1) is 9.44. The molecule has 70 valence electrons. The number of halogens is 1. The Morgan fingerprint density at radius 1 is 1.62 bits per heavy atom. The summed E-state index contributed by atoms with van der Waals surface area (Å²) >= 11 is 0. The molecular formula is C8H9FNO3+. The van der Waals surface area contributed by atoms with E-state index in [1.54, 1.807) is 0 Å². The highest BCUT2D eigenvalue weighted by molar-refractivity contribution is 5.90. The van der Waals surface area contributed by atoms with Crippen LogP contribution >= 0.6 is 0 Å². The molecule has 1 aromatic heterocycles. The minimum atomic E-state index is -0.811. The second-order valence-corrected chi connectivity index (χ2v) is 2.54. The van der Waals surface area contributed by atoms with E-state index >= 15 is 0 Å². The fourth-order valence-electron chi connectivity index (χ4n) is 1.03. The monoisotopic (exact) mass is 186 g/mol. The molecule has 1 N–H and O–H groups in total. The van der Waals surface area contributed by atoms with Crippen LogP contribution in [0.4, 0.5) is 4.39 Å². The number of hydrogen-bond donors (Lipinski definition) is 1. The molecule has 0 bridgehead atoms. The van der Waals surface area contributed by atoms with Crippen LogP contribution in [0.2, 0.25) is 0 Å². The fourth-order valence-corrected chi connectivity index (χ4v) is 1.03. The van der Waals surface area contributed by atoms with Gasteiger partial charge in [-0.25, -0.2) is 4.79 Å². The molecule has 0 saturated heterocycles. The molecule has 1 rings (SSSR count). The molecule has 0 aromatic carbocycles. The van der Waals surface area contributed by atoms with Gasteiger partial charge < -0.3 is 4.74 Å². The summed E-state index contributed by atoms with van der Waals surface area (Å²) in [4.78, 5) is 11.0. The van der Waals surface area contributed by atoms with E-state index < -0.39 is 11.8 Å². The number of aryl methyl sites for hydroxylation is 1. The summed E-state index contributed by atoms with van der Waals surface area (Å²) in [5.41, 5.74) is 0.155. The topological polar surface area (TPSA) is 50.4 Å². The van der Waals surface area contributed by atoms with E-state index in [2.05, 4.69) is 4.74 Å². The van der Waals surface area contributed by atoms with Gasteiger partial charge in [0.15, 0.2) is 0 Å². The molecule has 0 amide bonds. The Labute approximate surface area is 74.1 Å². The molecule has 0 unspecified atom stereocenters. The standard InChI is InChI=1S/C8H9FNO3/c1-5-3-10(12)4-6(9)7(5)8(11)13-2/h3-4,12H,1-2H3/q+1. The maximum absolute atomic E-state index is 13.1. The SMILES string of the molecule is COC(=O)c1c(C)c[n+](O)cc1F. The van der Waals surface area contributed by atoms with Crippen molar-refractivity contribution < 1.29 is 23.9 Å². The van der Waals surface area contributed by atoms with Crippen molar-refractivity contribution in [2.24, 2.45) is 0 Å². The summed E-state index contributed by atoms with van der Waals surface area (Å²) in [5.74, 6) is -1.56. The lowest BCUT2D eigenvalue weighted by Crippen LogP contribution is -2.31. The predicted molar refractivity (Wildman–Crippen MR) is 39.9 cm³/mol. The third-order valence-corrected chi connectivity index (χ3v) is 1.59. The molecule has 0 aliphatic carbocycles. The lowest BCUT2D eigenvalue weighted by molar-refractivity contribution is -0.905. The third kappa shape index (κ3) is 1.74. The molecule has 0 aliphatic heterocycles. The Hall–Kier alpha value is -1.65. The van der Waals surface area contributed by atoms with Gasteiger partial charge in [-0.15, -0.1) is 0 Å². The number of hydrogen-bond acceptors (Lipinski definition) is 3. The second kappa shape index (κ2) is 3.38.